The molecule has 220 valence electrons. The van der Waals surface area contributed by atoms with E-state index in [1.165, 1.54) is 36.3 Å². The molecule has 0 spiro atoms. The van der Waals surface area contributed by atoms with Crippen molar-refractivity contribution in [3.8, 4) is 5.75 Å². The lowest BCUT2D eigenvalue weighted by Crippen LogP contribution is -2.51. The van der Waals surface area contributed by atoms with Crippen molar-refractivity contribution in [2.75, 3.05) is 24.5 Å². The number of hydrogen-bond donors (Lipinski definition) is 1. The van der Waals surface area contributed by atoms with Gasteiger partial charge in [-0.2, -0.15) is 0 Å². The second-order valence-corrected chi connectivity index (χ2v) is 12.2. The standard InChI is InChI=1S/C30H35Cl2N3O5S/c1-5-6-18-33-30(37)22(3)34(19-26-27(31)8-7-9-28(26)32)29(36)20-35(23-12-10-21(2)11-13-23)41(38,39)25-16-14-24(40-4)15-17-25/h7-17,22H,5-6,18-20H2,1-4H3,(H,33,37)/t22-/m0/s1. The van der Waals surface area contributed by atoms with Crippen LogP contribution in [0.3, 0.4) is 0 Å². The maximum Gasteiger partial charge on any atom is 0.264 e. The summed E-state index contributed by atoms with van der Waals surface area (Å²) in [5, 5.41) is 3.51. The SMILES string of the molecule is CCCCNC(=O)[C@H](C)N(Cc1c(Cl)cccc1Cl)C(=O)CN(c1ccc(C)cc1)S(=O)(=O)c1ccc(OC)cc1. The maximum absolute atomic E-state index is 14.0. The van der Waals surface area contributed by atoms with E-state index in [2.05, 4.69) is 5.32 Å². The summed E-state index contributed by atoms with van der Waals surface area (Å²) < 4.78 is 34.0. The van der Waals surface area contributed by atoms with Gasteiger partial charge in [0.2, 0.25) is 11.8 Å². The molecule has 0 aromatic heterocycles. The van der Waals surface area contributed by atoms with Crippen LogP contribution in [0.15, 0.2) is 71.6 Å². The second-order valence-electron chi connectivity index (χ2n) is 9.57. The molecule has 0 aliphatic rings. The number of amides is 2. The lowest BCUT2D eigenvalue weighted by atomic mass is 10.1. The Morgan fingerprint density at radius 1 is 0.976 bits per heavy atom. The van der Waals surface area contributed by atoms with Gasteiger partial charge >= 0.3 is 0 Å². The topological polar surface area (TPSA) is 96.0 Å². The van der Waals surface area contributed by atoms with Gasteiger partial charge in [-0.1, -0.05) is 60.3 Å². The van der Waals surface area contributed by atoms with Crippen molar-refractivity contribution < 1.29 is 22.7 Å². The van der Waals surface area contributed by atoms with Gasteiger partial charge in [0.25, 0.3) is 10.0 Å². The van der Waals surface area contributed by atoms with Gasteiger partial charge in [-0.15, -0.1) is 0 Å². The maximum atomic E-state index is 14.0. The Balaban J connectivity index is 2.03. The number of aryl methyl sites for hydroxylation is 1. The Hall–Kier alpha value is -3.27. The number of methoxy groups -OCH3 is 1. The first-order valence-electron chi connectivity index (χ1n) is 13.2. The molecular formula is C30H35Cl2N3O5S. The molecule has 3 aromatic carbocycles. The first kappa shape index (κ1) is 32.2. The number of benzene rings is 3. The van der Waals surface area contributed by atoms with Crippen LogP contribution in [-0.2, 0) is 26.2 Å². The molecule has 0 radical (unpaired) electrons. The van der Waals surface area contributed by atoms with Crippen LogP contribution in [0, 0.1) is 6.92 Å². The summed E-state index contributed by atoms with van der Waals surface area (Å²) in [6, 6.07) is 16.8. The molecule has 1 atom stereocenters. The second kappa shape index (κ2) is 14.6. The van der Waals surface area contributed by atoms with Gasteiger partial charge in [-0.25, -0.2) is 8.42 Å². The highest BCUT2D eigenvalue weighted by Crippen LogP contribution is 2.29. The number of ether oxygens (including phenoxy) is 1. The molecule has 0 aliphatic heterocycles. The lowest BCUT2D eigenvalue weighted by molar-refractivity contribution is -0.139. The van der Waals surface area contributed by atoms with Gasteiger partial charge in [0.05, 0.1) is 17.7 Å². The first-order valence-corrected chi connectivity index (χ1v) is 15.4. The third-order valence-corrected chi connectivity index (χ3v) is 9.13. The molecule has 0 unspecified atom stereocenters. The molecule has 0 aliphatic carbocycles. The van der Waals surface area contributed by atoms with E-state index in [0.717, 1.165) is 22.7 Å². The predicted octanol–water partition coefficient (Wildman–Crippen LogP) is 5.84. The summed E-state index contributed by atoms with van der Waals surface area (Å²) in [6.45, 7) is 5.28. The predicted molar refractivity (Wildman–Crippen MR) is 163 cm³/mol. The van der Waals surface area contributed by atoms with Crippen molar-refractivity contribution in [2.45, 2.75) is 51.1 Å². The van der Waals surface area contributed by atoms with Crippen LogP contribution in [-0.4, -0.2) is 51.4 Å². The zero-order chi connectivity index (χ0) is 30.2. The van der Waals surface area contributed by atoms with Crippen LogP contribution in [0.5, 0.6) is 5.75 Å². The van der Waals surface area contributed by atoms with E-state index >= 15 is 0 Å². The summed E-state index contributed by atoms with van der Waals surface area (Å²) in [5.41, 5.74) is 1.68. The summed E-state index contributed by atoms with van der Waals surface area (Å²) >= 11 is 12.8. The highest BCUT2D eigenvalue weighted by molar-refractivity contribution is 7.92. The third kappa shape index (κ3) is 8.15. The van der Waals surface area contributed by atoms with Crippen LogP contribution in [0.1, 0.15) is 37.8 Å². The van der Waals surface area contributed by atoms with E-state index < -0.39 is 28.5 Å². The number of nitrogens with one attached hydrogen (secondary N) is 1. The number of sulfonamides is 1. The number of halogens is 2. The van der Waals surface area contributed by atoms with Gasteiger partial charge < -0.3 is 15.0 Å². The molecule has 41 heavy (non-hydrogen) atoms. The van der Waals surface area contributed by atoms with Crippen LogP contribution in [0.2, 0.25) is 10.0 Å². The minimum Gasteiger partial charge on any atom is -0.497 e. The molecule has 3 aromatic rings. The van der Waals surface area contributed by atoms with Gasteiger partial charge in [0, 0.05) is 28.7 Å². The largest absolute Gasteiger partial charge is 0.497 e. The molecule has 2 amide bonds. The van der Waals surface area contributed by atoms with E-state index in [1.807, 2.05) is 13.8 Å². The van der Waals surface area contributed by atoms with Crippen molar-refractivity contribution in [3.05, 3.63) is 87.9 Å². The lowest BCUT2D eigenvalue weighted by Gasteiger charge is -2.32. The van der Waals surface area contributed by atoms with Crippen molar-refractivity contribution in [1.29, 1.82) is 0 Å². The summed E-state index contributed by atoms with van der Waals surface area (Å²) in [7, 11) is -2.71. The fraction of sp³-hybridized carbons (Fsp3) is 0.333. The van der Waals surface area contributed by atoms with Crippen molar-refractivity contribution in [3.63, 3.8) is 0 Å². The number of anilines is 1. The van der Waals surface area contributed by atoms with E-state index in [0.29, 0.717) is 33.6 Å². The van der Waals surface area contributed by atoms with Gasteiger partial charge in [-0.3, -0.25) is 13.9 Å². The minimum absolute atomic E-state index is 0.0160. The van der Waals surface area contributed by atoms with E-state index in [4.69, 9.17) is 27.9 Å². The zero-order valence-electron chi connectivity index (χ0n) is 23.6. The molecule has 0 saturated carbocycles. The van der Waals surface area contributed by atoms with Gasteiger partial charge in [-0.05, 0) is 68.8 Å². The quantitative estimate of drug-likeness (QED) is 0.243. The smallest absolute Gasteiger partial charge is 0.264 e. The van der Waals surface area contributed by atoms with Crippen molar-refractivity contribution in [2.24, 2.45) is 0 Å². The Morgan fingerprint density at radius 2 is 1.59 bits per heavy atom. The number of carbonyl (C=O) groups excluding carboxylic acids is 2. The Labute approximate surface area is 252 Å². The highest BCUT2D eigenvalue weighted by atomic mass is 35.5. The molecule has 1 N–H and O–H groups in total. The van der Waals surface area contributed by atoms with E-state index in [9.17, 15) is 18.0 Å². The van der Waals surface area contributed by atoms with Crippen molar-refractivity contribution >= 4 is 50.7 Å². The van der Waals surface area contributed by atoms with Crippen LogP contribution >= 0.6 is 23.2 Å². The molecule has 0 saturated heterocycles. The monoisotopic (exact) mass is 619 g/mol. The number of rotatable bonds is 13. The zero-order valence-corrected chi connectivity index (χ0v) is 25.9. The van der Waals surface area contributed by atoms with Crippen molar-refractivity contribution in [1.82, 2.24) is 10.2 Å². The summed E-state index contributed by atoms with van der Waals surface area (Å²) in [5.74, 6) is -0.473. The third-order valence-electron chi connectivity index (χ3n) is 6.64. The Kier molecular flexibility index (Phi) is 11.5. The Bertz CT molecular complexity index is 1430. The average Bonchev–Trinajstić information content (AvgIpc) is 2.96. The van der Waals surface area contributed by atoms with E-state index in [1.54, 1.807) is 49.4 Å². The highest BCUT2D eigenvalue weighted by Gasteiger charge is 2.33. The minimum atomic E-state index is -4.20. The molecular weight excluding hydrogens is 585 g/mol. The van der Waals surface area contributed by atoms with Gasteiger partial charge in [0.15, 0.2) is 0 Å². The molecule has 0 heterocycles. The fourth-order valence-electron chi connectivity index (χ4n) is 4.09. The summed E-state index contributed by atoms with van der Waals surface area (Å²) in [6.07, 6.45) is 1.67. The average molecular weight is 621 g/mol. The summed E-state index contributed by atoms with van der Waals surface area (Å²) in [4.78, 5) is 28.4. The molecule has 0 bridgehead atoms. The van der Waals surface area contributed by atoms with Crippen LogP contribution in [0.4, 0.5) is 5.69 Å². The first-order chi connectivity index (χ1) is 19.5. The molecule has 0 fully saturated rings. The number of carbonyl (C=O) groups is 2. The number of nitrogens with zero attached hydrogens (tertiary/aromatic N) is 2. The van der Waals surface area contributed by atoms with Crippen LogP contribution < -0.4 is 14.4 Å². The number of unbranched alkanes of at least 4 members (excludes halogenated alkanes) is 1. The normalized spacial score (nSPS) is 12.0. The van der Waals surface area contributed by atoms with E-state index in [-0.39, 0.29) is 17.3 Å². The van der Waals surface area contributed by atoms with Crippen LogP contribution in [0.25, 0.3) is 0 Å². The molecule has 11 heteroatoms. The fourth-order valence-corrected chi connectivity index (χ4v) is 6.02. The van der Waals surface area contributed by atoms with Gasteiger partial charge in [0.1, 0.15) is 18.3 Å². The number of hydrogen-bond acceptors (Lipinski definition) is 5. The molecule has 3 rings (SSSR count). The Morgan fingerprint density at radius 3 is 2.15 bits per heavy atom. The molecule has 8 nitrogen and oxygen atoms in total.